The number of hydrogen-bond donors (Lipinski definition) is 2. The zero-order valence-electron chi connectivity index (χ0n) is 16.6. The number of halogens is 1. The average molecular weight is 559 g/mol. The van der Waals surface area contributed by atoms with Gasteiger partial charge in [-0.15, -0.1) is 45.8 Å². The number of nitrogens with zero attached hydrogens (tertiary/aromatic N) is 1. The fourth-order valence-corrected chi connectivity index (χ4v) is 10.6. The van der Waals surface area contributed by atoms with Gasteiger partial charge in [-0.05, 0) is 17.5 Å². The van der Waals surface area contributed by atoms with Crippen LogP contribution in [0.2, 0.25) is 4.34 Å². The number of carboxylic acid groups (broad SMARTS) is 1. The van der Waals surface area contributed by atoms with Gasteiger partial charge in [-0.3, -0.25) is 19.2 Å². The maximum Gasteiger partial charge on any atom is 0.322 e. The Kier molecular flexibility index (Phi) is 6.25. The van der Waals surface area contributed by atoms with Crippen molar-refractivity contribution >= 4 is 96.3 Å². The number of carbonyl (C=O) groups excluding carboxylic acids is 2. The van der Waals surface area contributed by atoms with Crippen LogP contribution in [0.15, 0.2) is 38.6 Å². The van der Waals surface area contributed by atoms with E-state index in [1.807, 2.05) is 17.5 Å². The smallest absolute Gasteiger partial charge is 0.322 e. The molecule has 5 heterocycles. The zero-order valence-corrected chi connectivity index (χ0v) is 21.4. The molecule has 2 aliphatic heterocycles. The van der Waals surface area contributed by atoms with Crippen LogP contribution in [0, 0.1) is 0 Å². The van der Waals surface area contributed by atoms with Gasteiger partial charge in [-0.2, -0.15) is 0 Å². The van der Waals surface area contributed by atoms with Crippen LogP contribution < -0.4 is 10.7 Å². The number of rotatable bonds is 6. The number of carboxylic acids is 1. The van der Waals surface area contributed by atoms with Gasteiger partial charge in [0.05, 0.1) is 24.4 Å². The summed E-state index contributed by atoms with van der Waals surface area (Å²) in [7, 11) is 0. The first kappa shape index (κ1) is 23.2. The lowest BCUT2D eigenvalue weighted by Gasteiger charge is -2.53. The number of amides is 2. The number of thiophene rings is 2. The summed E-state index contributed by atoms with van der Waals surface area (Å²) in [6, 6.07) is 6.13. The first-order chi connectivity index (χ1) is 15.8. The minimum absolute atomic E-state index is 0.00490. The molecule has 2 fully saturated rings. The van der Waals surface area contributed by atoms with Crippen LogP contribution in [0.3, 0.4) is 0 Å². The van der Waals surface area contributed by atoms with Gasteiger partial charge in [0.2, 0.25) is 11.8 Å². The third kappa shape index (κ3) is 4.32. The van der Waals surface area contributed by atoms with Crippen LogP contribution >= 0.6 is 69.1 Å². The zero-order chi connectivity index (χ0) is 23.3. The molecule has 172 valence electrons. The Bertz CT molecular complexity index is 1320. The second kappa shape index (κ2) is 8.90. The van der Waals surface area contributed by atoms with Crippen molar-refractivity contribution < 1.29 is 19.5 Å². The molecule has 0 aromatic carbocycles. The van der Waals surface area contributed by atoms with Crippen LogP contribution in [0.1, 0.15) is 4.88 Å². The highest BCUT2D eigenvalue weighted by Gasteiger charge is 2.58. The van der Waals surface area contributed by atoms with Gasteiger partial charge in [-0.25, -0.2) is 0 Å². The fourth-order valence-electron chi connectivity index (χ4n) is 3.72. The molecule has 0 radical (unpaired) electrons. The van der Waals surface area contributed by atoms with E-state index in [2.05, 4.69) is 5.32 Å². The SMILES string of the molecule is O=C(Cc1cccs1)NC1C(=O)N2CC(Sc3cc(=O)c4cc(Cl)sc4s3)(C(=O)O)CS[C@H]12. The van der Waals surface area contributed by atoms with Crippen LogP contribution in [0.25, 0.3) is 9.40 Å². The standard InChI is InChI=1S/C20H15ClN2O5S5/c21-12-5-10-11(24)6-14(32-18(10)31-12)33-20(19(27)28)7-23-16(26)15(17(23)30-8-20)22-13(25)4-9-2-1-3-29-9/h1-3,5-6,15,17H,4,7-8H2,(H,22,25)(H,27,28)/t15?,17-,20?/m1/s1. The van der Waals surface area contributed by atoms with E-state index < -0.39 is 16.8 Å². The summed E-state index contributed by atoms with van der Waals surface area (Å²) in [4.78, 5) is 52.3. The summed E-state index contributed by atoms with van der Waals surface area (Å²) in [6.45, 7) is 0.00490. The van der Waals surface area contributed by atoms with Crippen molar-refractivity contribution in [3.05, 3.63) is 49.1 Å². The summed E-state index contributed by atoms with van der Waals surface area (Å²) < 4.78 is 0.523. The number of nitrogens with one attached hydrogen (secondary N) is 1. The predicted molar refractivity (Wildman–Crippen MR) is 135 cm³/mol. The second-order valence-electron chi connectivity index (χ2n) is 7.55. The number of aliphatic carboxylic acids is 1. The van der Waals surface area contributed by atoms with Gasteiger partial charge in [0, 0.05) is 23.2 Å². The highest BCUT2D eigenvalue weighted by atomic mass is 35.5. The Morgan fingerprint density at radius 1 is 1.30 bits per heavy atom. The minimum Gasteiger partial charge on any atom is -0.480 e. The monoisotopic (exact) mass is 558 g/mol. The molecule has 0 bridgehead atoms. The number of fused-ring (bicyclic) bond motifs is 2. The Labute approximate surface area is 213 Å². The maximum absolute atomic E-state index is 12.8. The largest absolute Gasteiger partial charge is 0.480 e. The van der Waals surface area contributed by atoms with Crippen LogP contribution in [-0.4, -0.2) is 56.3 Å². The molecule has 5 rings (SSSR count). The third-order valence-electron chi connectivity index (χ3n) is 5.35. The first-order valence-corrected chi connectivity index (χ1v) is 14.4. The highest BCUT2D eigenvalue weighted by molar-refractivity contribution is 8.06. The van der Waals surface area contributed by atoms with E-state index in [9.17, 15) is 24.3 Å². The van der Waals surface area contributed by atoms with Gasteiger partial charge in [0.15, 0.2) is 5.43 Å². The van der Waals surface area contributed by atoms with E-state index in [1.165, 1.54) is 56.7 Å². The normalized spacial score (nSPS) is 24.4. The van der Waals surface area contributed by atoms with Crippen molar-refractivity contribution in [2.75, 3.05) is 12.3 Å². The molecule has 3 aromatic rings. The average Bonchev–Trinajstić information content (AvgIpc) is 3.41. The summed E-state index contributed by atoms with van der Waals surface area (Å²) in [5, 5.41) is 15.0. The summed E-state index contributed by atoms with van der Waals surface area (Å²) in [6.07, 6.45) is 0.210. The molecule has 2 unspecified atom stereocenters. The van der Waals surface area contributed by atoms with Gasteiger partial charge < -0.3 is 15.3 Å². The van der Waals surface area contributed by atoms with Crippen molar-refractivity contribution in [3.8, 4) is 0 Å². The fraction of sp³-hybridized carbons (Fsp3) is 0.300. The van der Waals surface area contributed by atoms with Crippen molar-refractivity contribution in [2.45, 2.75) is 26.8 Å². The van der Waals surface area contributed by atoms with Crippen LogP contribution in [-0.2, 0) is 20.8 Å². The molecule has 2 saturated heterocycles. The lowest BCUT2D eigenvalue weighted by atomic mass is 10.0. The summed E-state index contributed by atoms with van der Waals surface area (Å²) in [5.74, 6) is -1.32. The summed E-state index contributed by atoms with van der Waals surface area (Å²) in [5.41, 5.74) is -0.204. The van der Waals surface area contributed by atoms with Gasteiger partial charge in [0.25, 0.3) is 0 Å². The van der Waals surface area contributed by atoms with Crippen molar-refractivity contribution in [2.24, 2.45) is 0 Å². The molecular formula is C20H15ClN2O5S5. The quantitative estimate of drug-likeness (QED) is 0.446. The minimum atomic E-state index is -1.29. The van der Waals surface area contributed by atoms with Crippen molar-refractivity contribution in [1.82, 2.24) is 10.2 Å². The molecule has 13 heteroatoms. The number of thioether (sulfide) groups is 2. The van der Waals surface area contributed by atoms with E-state index in [1.54, 1.807) is 6.07 Å². The number of β-lactam (4-membered cyclic amide) rings is 1. The Morgan fingerprint density at radius 2 is 2.12 bits per heavy atom. The van der Waals surface area contributed by atoms with E-state index in [0.29, 0.717) is 13.9 Å². The van der Waals surface area contributed by atoms with Crippen LogP contribution in [0.5, 0.6) is 0 Å². The molecule has 2 amide bonds. The molecule has 0 aliphatic carbocycles. The van der Waals surface area contributed by atoms with Crippen LogP contribution in [0.4, 0.5) is 0 Å². The van der Waals surface area contributed by atoms with Crippen molar-refractivity contribution in [3.63, 3.8) is 0 Å². The Hall–Kier alpha value is -1.57. The molecule has 3 aromatic heterocycles. The third-order valence-corrected chi connectivity index (χ3v) is 11.9. The topological polar surface area (TPSA) is 104 Å². The maximum atomic E-state index is 12.8. The lowest BCUT2D eigenvalue weighted by molar-refractivity contribution is -0.152. The van der Waals surface area contributed by atoms with E-state index in [-0.39, 0.29) is 41.3 Å². The molecule has 33 heavy (non-hydrogen) atoms. The molecule has 2 N–H and O–H groups in total. The molecular weight excluding hydrogens is 544 g/mol. The predicted octanol–water partition coefficient (Wildman–Crippen LogP) is 3.60. The van der Waals surface area contributed by atoms with Gasteiger partial charge in [-0.1, -0.05) is 29.4 Å². The summed E-state index contributed by atoms with van der Waals surface area (Å²) >= 11 is 12.6. The lowest BCUT2D eigenvalue weighted by Crippen LogP contribution is -2.74. The number of hydrogen-bond acceptors (Lipinski definition) is 9. The Morgan fingerprint density at radius 3 is 2.85 bits per heavy atom. The second-order valence-corrected chi connectivity index (χ2v) is 14.4. The van der Waals surface area contributed by atoms with Gasteiger partial charge in [0.1, 0.15) is 16.2 Å². The Balaban J connectivity index is 1.31. The van der Waals surface area contributed by atoms with Gasteiger partial charge >= 0.3 is 5.97 Å². The first-order valence-electron chi connectivity index (χ1n) is 9.65. The van der Waals surface area contributed by atoms with E-state index in [0.717, 1.165) is 20.7 Å². The molecule has 0 spiro atoms. The molecule has 3 atom stereocenters. The van der Waals surface area contributed by atoms with E-state index in [4.69, 9.17) is 11.6 Å². The van der Waals surface area contributed by atoms with E-state index >= 15 is 0 Å². The number of carbonyl (C=O) groups is 3. The van der Waals surface area contributed by atoms with Crippen molar-refractivity contribution in [1.29, 1.82) is 0 Å². The molecule has 0 saturated carbocycles. The molecule has 2 aliphatic rings. The molecule has 7 nitrogen and oxygen atoms in total. The highest BCUT2D eigenvalue weighted by Crippen LogP contribution is 2.48.